The first-order valence-corrected chi connectivity index (χ1v) is 6.90. The molecule has 1 aromatic carbocycles. The lowest BCUT2D eigenvalue weighted by Crippen LogP contribution is -2.26. The Morgan fingerprint density at radius 2 is 1.61 bits per heavy atom. The fourth-order valence-electron chi connectivity index (χ4n) is 1.84. The van der Waals surface area contributed by atoms with Gasteiger partial charge in [-0.1, -0.05) is 39.8 Å². The minimum absolute atomic E-state index is 0.161. The van der Waals surface area contributed by atoms with Gasteiger partial charge in [0.05, 0.1) is 0 Å². The van der Waals surface area contributed by atoms with Gasteiger partial charge in [0.25, 0.3) is 0 Å². The predicted molar refractivity (Wildman–Crippen MR) is 75.9 cm³/mol. The molecule has 0 bridgehead atoms. The largest absolute Gasteiger partial charge is 0.465 e. The topological polar surface area (TPSA) is 18.5 Å². The van der Waals surface area contributed by atoms with Crippen molar-refractivity contribution in [3.63, 3.8) is 0 Å². The van der Waals surface area contributed by atoms with Gasteiger partial charge < -0.3 is 9.47 Å². The van der Waals surface area contributed by atoms with Crippen LogP contribution in [-0.4, -0.2) is 12.9 Å². The molecule has 1 rings (SSSR count). The van der Waals surface area contributed by atoms with Crippen molar-refractivity contribution in [3.05, 3.63) is 29.8 Å². The van der Waals surface area contributed by atoms with Gasteiger partial charge in [-0.2, -0.15) is 0 Å². The van der Waals surface area contributed by atoms with Gasteiger partial charge in [-0.05, 0) is 37.0 Å². The second-order valence-corrected chi connectivity index (χ2v) is 5.43. The molecule has 102 valence electrons. The Balaban J connectivity index is 2.61. The lowest BCUT2D eigenvalue weighted by Gasteiger charge is -2.22. The van der Waals surface area contributed by atoms with Gasteiger partial charge >= 0.3 is 0 Å². The molecule has 0 aromatic heterocycles. The number of hydrogen-bond donors (Lipinski definition) is 0. The van der Waals surface area contributed by atoms with E-state index >= 15 is 0 Å². The zero-order chi connectivity index (χ0) is 13.5. The molecule has 1 atom stereocenters. The number of ether oxygens (including phenoxy) is 2. The van der Waals surface area contributed by atoms with Gasteiger partial charge in [0.15, 0.2) is 0 Å². The van der Waals surface area contributed by atoms with Crippen molar-refractivity contribution >= 4 is 0 Å². The molecule has 0 amide bonds. The number of rotatable bonds is 7. The third-order valence-corrected chi connectivity index (χ3v) is 2.69. The zero-order valence-electron chi connectivity index (χ0n) is 12.3. The van der Waals surface area contributed by atoms with Crippen molar-refractivity contribution in [3.8, 4) is 5.75 Å². The molecule has 0 aliphatic heterocycles. The highest BCUT2D eigenvalue weighted by Crippen LogP contribution is 2.19. The molecule has 18 heavy (non-hydrogen) atoms. The van der Waals surface area contributed by atoms with Crippen LogP contribution in [0.1, 0.15) is 40.2 Å². The van der Waals surface area contributed by atoms with Crippen LogP contribution in [-0.2, 0) is 11.2 Å². The Kier molecular flexibility index (Phi) is 6.20. The summed E-state index contributed by atoms with van der Waals surface area (Å²) >= 11 is 0. The molecule has 0 saturated heterocycles. The molecule has 0 aliphatic carbocycles. The first-order chi connectivity index (χ1) is 8.52. The Labute approximate surface area is 111 Å². The van der Waals surface area contributed by atoms with E-state index in [4.69, 9.17) is 9.47 Å². The van der Waals surface area contributed by atoms with Gasteiger partial charge in [0.1, 0.15) is 5.75 Å². The van der Waals surface area contributed by atoms with E-state index in [9.17, 15) is 0 Å². The first-order valence-electron chi connectivity index (χ1n) is 6.90. The van der Waals surface area contributed by atoms with Crippen LogP contribution in [0, 0.1) is 11.8 Å². The van der Waals surface area contributed by atoms with Gasteiger partial charge in [0.2, 0.25) is 6.29 Å². The van der Waals surface area contributed by atoms with E-state index in [1.807, 2.05) is 19.1 Å². The molecule has 0 aliphatic rings. The molecular formula is C16H26O2. The third kappa shape index (κ3) is 5.09. The Hall–Kier alpha value is -1.02. The van der Waals surface area contributed by atoms with Crippen molar-refractivity contribution in [2.75, 3.05) is 6.61 Å². The van der Waals surface area contributed by atoms with Crippen LogP contribution < -0.4 is 4.74 Å². The van der Waals surface area contributed by atoms with Crippen molar-refractivity contribution in [2.24, 2.45) is 11.8 Å². The molecular weight excluding hydrogens is 224 g/mol. The summed E-state index contributed by atoms with van der Waals surface area (Å²) in [5.74, 6) is 1.92. The highest BCUT2D eigenvalue weighted by molar-refractivity contribution is 5.27. The maximum Gasteiger partial charge on any atom is 0.202 e. The summed E-state index contributed by atoms with van der Waals surface area (Å²) in [6, 6.07) is 8.34. The maximum absolute atomic E-state index is 5.85. The molecule has 2 nitrogen and oxygen atoms in total. The Morgan fingerprint density at radius 3 is 2.06 bits per heavy atom. The molecule has 0 N–H and O–H groups in total. The maximum atomic E-state index is 5.85. The van der Waals surface area contributed by atoms with Crippen molar-refractivity contribution in [2.45, 2.75) is 47.3 Å². The average Bonchev–Trinajstić information content (AvgIpc) is 2.30. The van der Waals surface area contributed by atoms with Crippen LogP contribution >= 0.6 is 0 Å². The SMILES string of the molecule is CCOC(Oc1ccc(CC(C)C)cc1)C(C)C. The van der Waals surface area contributed by atoms with E-state index in [2.05, 4.69) is 39.8 Å². The van der Waals surface area contributed by atoms with Crippen molar-refractivity contribution < 1.29 is 9.47 Å². The summed E-state index contributed by atoms with van der Waals surface area (Å²) in [5.41, 5.74) is 1.36. The number of benzene rings is 1. The van der Waals surface area contributed by atoms with Crippen LogP contribution in [0.25, 0.3) is 0 Å². The lowest BCUT2D eigenvalue weighted by atomic mass is 10.0. The summed E-state index contributed by atoms with van der Waals surface area (Å²) in [6.45, 7) is 11.3. The molecule has 2 heteroatoms. The molecule has 0 spiro atoms. The standard InChI is InChI=1S/C16H26O2/c1-6-17-16(13(4)5)18-15-9-7-14(8-10-15)11-12(2)3/h7-10,12-13,16H,6,11H2,1-5H3. The van der Waals surface area contributed by atoms with E-state index in [0.717, 1.165) is 12.2 Å². The number of hydrogen-bond acceptors (Lipinski definition) is 2. The van der Waals surface area contributed by atoms with Gasteiger partial charge in [-0.25, -0.2) is 0 Å². The normalized spacial score (nSPS) is 13.1. The predicted octanol–water partition coefficient (Wildman–Crippen LogP) is 4.28. The average molecular weight is 250 g/mol. The Bertz CT molecular complexity index is 327. The minimum Gasteiger partial charge on any atom is -0.465 e. The summed E-state index contributed by atoms with van der Waals surface area (Å²) in [4.78, 5) is 0. The second-order valence-electron chi connectivity index (χ2n) is 5.43. The second kappa shape index (κ2) is 7.42. The highest BCUT2D eigenvalue weighted by Gasteiger charge is 2.14. The molecule has 0 saturated carbocycles. The van der Waals surface area contributed by atoms with E-state index in [-0.39, 0.29) is 6.29 Å². The zero-order valence-corrected chi connectivity index (χ0v) is 12.3. The minimum atomic E-state index is -0.161. The summed E-state index contributed by atoms with van der Waals surface area (Å²) in [7, 11) is 0. The monoisotopic (exact) mass is 250 g/mol. The third-order valence-electron chi connectivity index (χ3n) is 2.69. The van der Waals surface area contributed by atoms with Gasteiger partial charge in [-0.3, -0.25) is 0 Å². The fraction of sp³-hybridized carbons (Fsp3) is 0.625. The molecule has 1 aromatic rings. The van der Waals surface area contributed by atoms with Crippen LogP contribution in [0.5, 0.6) is 5.75 Å². The smallest absolute Gasteiger partial charge is 0.202 e. The summed E-state index contributed by atoms with van der Waals surface area (Å²) < 4.78 is 11.4. The van der Waals surface area contributed by atoms with Gasteiger partial charge in [0, 0.05) is 12.5 Å². The summed E-state index contributed by atoms with van der Waals surface area (Å²) in [6.07, 6.45) is 0.949. The van der Waals surface area contributed by atoms with Gasteiger partial charge in [-0.15, -0.1) is 0 Å². The molecule has 0 radical (unpaired) electrons. The van der Waals surface area contributed by atoms with E-state index < -0.39 is 0 Å². The van der Waals surface area contributed by atoms with Crippen LogP contribution in [0.3, 0.4) is 0 Å². The highest BCUT2D eigenvalue weighted by atomic mass is 16.7. The quantitative estimate of drug-likeness (QED) is 0.672. The van der Waals surface area contributed by atoms with Crippen LogP contribution in [0.4, 0.5) is 0 Å². The van der Waals surface area contributed by atoms with E-state index in [1.54, 1.807) is 0 Å². The molecule has 1 unspecified atom stereocenters. The van der Waals surface area contributed by atoms with Crippen LogP contribution in [0.2, 0.25) is 0 Å². The molecule has 0 fully saturated rings. The summed E-state index contributed by atoms with van der Waals surface area (Å²) in [5, 5.41) is 0. The van der Waals surface area contributed by atoms with Crippen LogP contribution in [0.15, 0.2) is 24.3 Å². The van der Waals surface area contributed by atoms with Crippen molar-refractivity contribution in [1.29, 1.82) is 0 Å². The van der Waals surface area contributed by atoms with E-state index in [1.165, 1.54) is 5.56 Å². The fourth-order valence-corrected chi connectivity index (χ4v) is 1.84. The molecule has 0 heterocycles. The first kappa shape index (κ1) is 15.0. The lowest BCUT2D eigenvalue weighted by molar-refractivity contribution is -0.103. The van der Waals surface area contributed by atoms with Crippen molar-refractivity contribution in [1.82, 2.24) is 0 Å². The Morgan fingerprint density at radius 1 is 1.00 bits per heavy atom. The van der Waals surface area contributed by atoms with E-state index in [0.29, 0.717) is 18.4 Å².